The minimum absolute atomic E-state index is 0.0116. The van der Waals surface area contributed by atoms with Gasteiger partial charge in [-0.1, -0.05) is 44.2 Å². The Bertz CT molecular complexity index is 3960. The molecule has 1 aromatic carbocycles. The molecule has 3 aliphatic rings. The molecule has 0 spiro atoms. The van der Waals surface area contributed by atoms with Crippen LogP contribution in [-0.2, 0) is 30.5 Å². The summed E-state index contributed by atoms with van der Waals surface area (Å²) in [7, 11) is 1.46. The normalized spacial score (nSPS) is 19.6. The fraction of sp³-hybridized carbons (Fsp3) is 0.327. The number of primary amides is 1. The molecule has 444 valence electrons. The van der Waals surface area contributed by atoms with Crippen molar-refractivity contribution in [2.45, 2.75) is 83.0 Å². The maximum Gasteiger partial charge on any atom is 0.271 e. The fourth-order valence-corrected chi connectivity index (χ4v) is 15.1. The number of pyridine rings is 1. The maximum absolute atomic E-state index is 14.3. The third-order valence-corrected chi connectivity index (χ3v) is 19.9. The summed E-state index contributed by atoms with van der Waals surface area (Å²) in [5, 5.41) is 45.3. The molecule has 11 rings (SSSR count). The van der Waals surface area contributed by atoms with Crippen molar-refractivity contribution in [2.24, 2.45) is 16.6 Å². The van der Waals surface area contributed by atoms with Gasteiger partial charge in [0.25, 0.3) is 23.6 Å². The van der Waals surface area contributed by atoms with Crippen LogP contribution < -0.4 is 32.3 Å². The number of fused-ring (bicyclic) bond motifs is 14. The SMILES string of the molecule is CNC(=O)C[C@@H]1NC(=O)c2csc(n2)-c2ccc(-c3nc(C4=N[C@@H](C(=O)N5CCC[C@@H]5C(N)=O)CO4)cs3)nc2-c2csc(n2)-c2csc(n2)[C@@H]([C@H](O)c2ccccc2)NC(=O)CNC(=O)c2nc(sc2CO)[C@@H](C(C)C)NC(=O)c2nc1sc2C. The van der Waals surface area contributed by atoms with Crippen molar-refractivity contribution in [3.05, 3.63) is 117 Å². The first-order valence-electron chi connectivity index (χ1n) is 26.8. The van der Waals surface area contributed by atoms with Gasteiger partial charge < -0.3 is 52.2 Å². The fourth-order valence-electron chi connectivity index (χ4n) is 9.72. The average molecular weight is 1280 g/mol. The molecule has 10 bridgehead atoms. The average Bonchev–Trinajstić information content (AvgIpc) is 3.56. The number of aliphatic imine (C=N–C) groups is 1. The molecular weight excluding hydrogens is 1220 g/mol. The zero-order valence-corrected chi connectivity index (χ0v) is 51.0. The van der Waals surface area contributed by atoms with Crippen LogP contribution in [0.25, 0.3) is 43.4 Å². The molecule has 0 aliphatic carbocycles. The molecule has 86 heavy (non-hydrogen) atoms. The number of aromatic nitrogens is 7. The van der Waals surface area contributed by atoms with E-state index in [4.69, 9.17) is 35.4 Å². The number of aliphatic hydroxyl groups excluding tert-OH is 2. The maximum atomic E-state index is 14.3. The number of hydrogen-bond acceptors (Lipinski definition) is 24. The Hall–Kier alpha value is -8.17. The molecule has 0 radical (unpaired) electrons. The van der Waals surface area contributed by atoms with Crippen LogP contribution >= 0.6 is 68.0 Å². The second-order valence-corrected chi connectivity index (χ2v) is 26.1. The van der Waals surface area contributed by atoms with Gasteiger partial charge in [-0.25, -0.2) is 39.9 Å². The van der Waals surface area contributed by atoms with Crippen LogP contribution in [0.15, 0.2) is 69.0 Å². The van der Waals surface area contributed by atoms with Crippen LogP contribution in [-0.4, -0.2) is 136 Å². The van der Waals surface area contributed by atoms with Crippen LogP contribution in [0.3, 0.4) is 0 Å². The number of carbonyl (C=O) groups excluding carboxylic acids is 7. The number of thiazole rings is 6. The molecule has 31 heteroatoms. The minimum Gasteiger partial charge on any atom is -0.473 e. The first-order chi connectivity index (χ1) is 41.4. The van der Waals surface area contributed by atoms with Crippen molar-refractivity contribution in [2.75, 3.05) is 26.7 Å². The van der Waals surface area contributed by atoms with Crippen LogP contribution in [0.5, 0.6) is 0 Å². The quantitative estimate of drug-likeness (QED) is 0.0863. The number of carbonyl (C=O) groups is 7. The highest BCUT2D eigenvalue weighted by Crippen LogP contribution is 2.40. The molecule has 9 N–H and O–H groups in total. The Balaban J connectivity index is 0.968. The third-order valence-electron chi connectivity index (χ3n) is 14.1. The van der Waals surface area contributed by atoms with E-state index in [1.165, 1.54) is 46.0 Å². The number of aryl methyl sites for hydroxylation is 1. The first-order valence-corrected chi connectivity index (χ1v) is 32.0. The van der Waals surface area contributed by atoms with Crippen LogP contribution in [0.1, 0.15) is 125 Å². The summed E-state index contributed by atoms with van der Waals surface area (Å²) in [5.74, 6) is -4.14. The zero-order valence-electron chi connectivity index (χ0n) is 46.1. The Labute approximate surface area is 513 Å². The summed E-state index contributed by atoms with van der Waals surface area (Å²) in [6.45, 7) is 4.59. The van der Waals surface area contributed by atoms with E-state index in [9.17, 15) is 43.8 Å². The van der Waals surface area contributed by atoms with Gasteiger partial charge in [0, 0.05) is 45.6 Å². The number of nitrogens with zero attached hydrogens (tertiary/aromatic N) is 9. The molecule has 3 aliphatic heterocycles. The monoisotopic (exact) mass is 1280 g/mol. The zero-order chi connectivity index (χ0) is 60.5. The summed E-state index contributed by atoms with van der Waals surface area (Å²) in [6.07, 6.45) is -0.407. The molecule has 0 unspecified atom stereocenters. The van der Waals surface area contributed by atoms with Gasteiger partial charge in [-0.2, -0.15) is 0 Å². The summed E-state index contributed by atoms with van der Waals surface area (Å²) < 4.78 is 5.89. The Morgan fingerprint density at radius 2 is 1.45 bits per heavy atom. The Morgan fingerprint density at radius 1 is 0.744 bits per heavy atom. The van der Waals surface area contributed by atoms with Gasteiger partial charge in [-0.05, 0) is 43.4 Å². The molecule has 7 amide bonds. The van der Waals surface area contributed by atoms with E-state index in [2.05, 4.69) is 41.5 Å². The van der Waals surface area contributed by atoms with Crippen molar-refractivity contribution >= 4 is 115 Å². The lowest BCUT2D eigenvalue weighted by Crippen LogP contribution is -2.47. The lowest BCUT2D eigenvalue weighted by Gasteiger charge is -2.23. The largest absolute Gasteiger partial charge is 0.473 e. The smallest absolute Gasteiger partial charge is 0.271 e. The topological polar surface area (TPSA) is 361 Å². The van der Waals surface area contributed by atoms with Crippen LogP contribution in [0.2, 0.25) is 0 Å². The minimum atomic E-state index is -1.30. The highest BCUT2D eigenvalue weighted by molar-refractivity contribution is 7.15. The van der Waals surface area contributed by atoms with E-state index in [0.717, 1.165) is 34.0 Å². The summed E-state index contributed by atoms with van der Waals surface area (Å²) in [4.78, 5) is 135. The molecule has 7 aromatic heterocycles. The number of nitrogens with one attached hydrogen (secondary N) is 5. The predicted molar refractivity (Wildman–Crippen MR) is 322 cm³/mol. The van der Waals surface area contributed by atoms with Gasteiger partial charge in [-0.3, -0.25) is 33.6 Å². The van der Waals surface area contributed by atoms with E-state index < -0.39 is 84.9 Å². The number of hydrogen-bond donors (Lipinski definition) is 8. The molecular formula is C55H53N15O10S6. The molecule has 0 saturated carbocycles. The van der Waals surface area contributed by atoms with Gasteiger partial charge in [0.2, 0.25) is 23.6 Å². The number of benzene rings is 1. The molecule has 1 fully saturated rings. The standard InChI is InChI=1S/C55H53N15O10S6/c1-23(2)38-54-69-41(35(17-71)86-54)46(77)58-16-37(73)66-42(43(74)25-9-6-5-7-10-25)53-65-33(22-84-53)51-62-30(19-82-51)40-26(49-63-31(20-81-49)45(76)60-28(15-36(72)57-4)52-68-39(24(3)85-52)47(78)67-38)12-13-27(59-40)50-64-32(21-83-50)48-61-29(18-80-48)55(79)70-14-8-11-34(70)44(56)75/h5-7,9-10,12-13,19-23,28-29,34,38,42-43,71,74H,8,11,14-18H2,1-4H3,(H2,56,75)(H,57,72)(H,58,77)(H,60,76)(H,66,73)(H,67,78)/t28-,29+,34+,38+,42+,43+/m0/s1. The number of aliphatic hydroxyl groups is 2. The molecule has 8 aromatic rings. The highest BCUT2D eigenvalue weighted by atomic mass is 32.1. The van der Waals surface area contributed by atoms with Gasteiger partial charge in [0.15, 0.2) is 6.04 Å². The number of ether oxygens (including phenoxy) is 1. The van der Waals surface area contributed by atoms with E-state index in [0.29, 0.717) is 88.9 Å². The van der Waals surface area contributed by atoms with Crippen LogP contribution in [0, 0.1) is 12.8 Å². The van der Waals surface area contributed by atoms with E-state index in [1.54, 1.807) is 70.9 Å². The summed E-state index contributed by atoms with van der Waals surface area (Å²) >= 11 is 6.99. The van der Waals surface area contributed by atoms with E-state index in [1.807, 2.05) is 13.8 Å². The molecule has 6 atom stereocenters. The van der Waals surface area contributed by atoms with Crippen molar-refractivity contribution in [3.63, 3.8) is 0 Å². The van der Waals surface area contributed by atoms with Crippen LogP contribution in [0.4, 0.5) is 0 Å². The summed E-state index contributed by atoms with van der Waals surface area (Å²) in [6, 6.07) is 7.74. The lowest BCUT2D eigenvalue weighted by atomic mass is 10.0. The number of likely N-dealkylation sites (tertiary alicyclic amines) is 1. The first kappa shape index (κ1) is 59.6. The number of amides is 7. The van der Waals surface area contributed by atoms with Crippen molar-refractivity contribution in [1.82, 2.24) is 66.4 Å². The van der Waals surface area contributed by atoms with Crippen molar-refractivity contribution < 1.29 is 48.5 Å². The van der Waals surface area contributed by atoms with E-state index >= 15 is 0 Å². The Morgan fingerprint density at radius 3 is 2.21 bits per heavy atom. The highest BCUT2D eigenvalue weighted by Gasteiger charge is 2.39. The lowest BCUT2D eigenvalue weighted by molar-refractivity contribution is -0.138. The van der Waals surface area contributed by atoms with E-state index in [-0.39, 0.29) is 57.7 Å². The van der Waals surface area contributed by atoms with Gasteiger partial charge in [0.1, 0.15) is 94.7 Å². The number of rotatable bonds is 10. The van der Waals surface area contributed by atoms with Gasteiger partial charge in [0.05, 0.1) is 42.2 Å². The predicted octanol–water partition coefficient (Wildman–Crippen LogP) is 5.28. The van der Waals surface area contributed by atoms with Gasteiger partial charge in [-0.15, -0.1) is 68.0 Å². The summed E-state index contributed by atoms with van der Waals surface area (Å²) in [5.41, 5.74) is 8.41. The van der Waals surface area contributed by atoms with Crippen molar-refractivity contribution in [3.8, 4) is 43.4 Å². The number of nitrogens with two attached hydrogens (primary N) is 1. The second kappa shape index (κ2) is 25.4. The third kappa shape index (κ3) is 12.4. The van der Waals surface area contributed by atoms with Crippen molar-refractivity contribution in [1.29, 1.82) is 0 Å². The van der Waals surface area contributed by atoms with Gasteiger partial charge >= 0.3 is 0 Å². The second-order valence-electron chi connectivity index (χ2n) is 20.3. The molecule has 25 nitrogen and oxygen atoms in total. The molecule has 10 heterocycles. The molecule has 1 saturated heterocycles. The Kier molecular flexibility index (Phi) is 17.6.